The minimum Gasteiger partial charge on any atom is -0.490 e. The highest BCUT2D eigenvalue weighted by Gasteiger charge is 2.15. The zero-order valence-electron chi connectivity index (χ0n) is 10.1. The molecule has 1 atom stereocenters. The Morgan fingerprint density at radius 1 is 1.41 bits per heavy atom. The van der Waals surface area contributed by atoms with Gasteiger partial charge >= 0.3 is 0 Å². The highest BCUT2D eigenvalue weighted by Crippen LogP contribution is 2.26. The quantitative estimate of drug-likeness (QED) is 0.875. The second-order valence-corrected chi connectivity index (χ2v) is 4.72. The fourth-order valence-electron chi connectivity index (χ4n) is 2.52. The van der Waals surface area contributed by atoms with Crippen LogP contribution in [0.1, 0.15) is 12.8 Å². The number of aryl methyl sites for hydroxylation is 1. The third-order valence-electron chi connectivity index (χ3n) is 3.46. The van der Waals surface area contributed by atoms with Crippen LogP contribution in [0.4, 0.5) is 0 Å². The number of hydrogen-bond acceptors (Lipinski definition) is 2. The number of ether oxygens (including phenoxy) is 1. The lowest BCUT2D eigenvalue weighted by molar-refractivity contribution is 0.279. The Morgan fingerprint density at radius 2 is 2.35 bits per heavy atom. The summed E-state index contributed by atoms with van der Waals surface area (Å²) in [7, 11) is 2.06. The van der Waals surface area contributed by atoms with E-state index in [1.165, 1.54) is 23.7 Å². The van der Waals surface area contributed by atoms with Gasteiger partial charge < -0.3 is 14.6 Å². The monoisotopic (exact) mass is 230 g/mol. The van der Waals surface area contributed by atoms with Crippen molar-refractivity contribution in [2.45, 2.75) is 18.9 Å². The first-order chi connectivity index (χ1) is 8.34. The minimum atomic E-state index is 0.519. The summed E-state index contributed by atoms with van der Waals surface area (Å²) < 4.78 is 8.08. The maximum absolute atomic E-state index is 5.96. The van der Waals surface area contributed by atoms with Crippen LogP contribution < -0.4 is 10.1 Å². The second-order valence-electron chi connectivity index (χ2n) is 4.72. The number of rotatable bonds is 3. The third-order valence-corrected chi connectivity index (χ3v) is 3.46. The van der Waals surface area contributed by atoms with Crippen LogP contribution in [-0.2, 0) is 7.05 Å². The van der Waals surface area contributed by atoms with E-state index in [2.05, 4.69) is 47.4 Å². The Hall–Kier alpha value is -1.48. The first-order valence-corrected chi connectivity index (χ1v) is 6.25. The number of para-hydroxylation sites is 1. The van der Waals surface area contributed by atoms with Gasteiger partial charge in [0.25, 0.3) is 0 Å². The molecule has 0 aliphatic carbocycles. The highest BCUT2D eigenvalue weighted by molar-refractivity contribution is 5.85. The van der Waals surface area contributed by atoms with Crippen molar-refractivity contribution in [2.75, 3.05) is 13.2 Å². The molecule has 17 heavy (non-hydrogen) atoms. The van der Waals surface area contributed by atoms with E-state index in [4.69, 9.17) is 4.74 Å². The molecule has 0 saturated carbocycles. The molecule has 1 aromatic carbocycles. The summed E-state index contributed by atoms with van der Waals surface area (Å²) in [6.45, 7) is 1.90. The second kappa shape index (κ2) is 4.41. The van der Waals surface area contributed by atoms with Gasteiger partial charge in [-0.25, -0.2) is 0 Å². The van der Waals surface area contributed by atoms with Gasteiger partial charge in [-0.15, -0.1) is 0 Å². The normalized spacial score (nSPS) is 19.9. The summed E-state index contributed by atoms with van der Waals surface area (Å²) in [5.74, 6) is 0.990. The average molecular weight is 230 g/mol. The molecule has 1 saturated heterocycles. The van der Waals surface area contributed by atoms with Crippen LogP contribution in [0.25, 0.3) is 10.9 Å². The van der Waals surface area contributed by atoms with E-state index in [1.54, 1.807) is 0 Å². The lowest BCUT2D eigenvalue weighted by Gasteiger charge is -2.13. The zero-order valence-corrected chi connectivity index (χ0v) is 10.1. The van der Waals surface area contributed by atoms with Crippen LogP contribution in [0, 0.1) is 0 Å². The Kier molecular flexibility index (Phi) is 2.77. The van der Waals surface area contributed by atoms with Crippen molar-refractivity contribution in [1.82, 2.24) is 9.88 Å². The van der Waals surface area contributed by atoms with Crippen molar-refractivity contribution in [3.63, 3.8) is 0 Å². The van der Waals surface area contributed by atoms with E-state index in [1.807, 2.05) is 0 Å². The molecule has 1 N–H and O–H groups in total. The Bertz CT molecular complexity index is 512. The van der Waals surface area contributed by atoms with Gasteiger partial charge in [-0.3, -0.25) is 0 Å². The van der Waals surface area contributed by atoms with Crippen LogP contribution in [0.5, 0.6) is 5.75 Å². The smallest absolute Gasteiger partial charge is 0.143 e. The van der Waals surface area contributed by atoms with Crippen LogP contribution in [-0.4, -0.2) is 23.8 Å². The SMILES string of the molecule is Cn1ccc2cccc(OCC3CCCN3)c21. The van der Waals surface area contributed by atoms with Gasteiger partial charge in [0.15, 0.2) is 0 Å². The first kappa shape index (κ1) is 10.7. The summed E-state index contributed by atoms with van der Waals surface area (Å²) in [4.78, 5) is 0. The van der Waals surface area contributed by atoms with Gasteiger partial charge in [0.1, 0.15) is 12.4 Å². The van der Waals surface area contributed by atoms with Crippen molar-refractivity contribution < 1.29 is 4.74 Å². The molecule has 2 aromatic rings. The molecule has 3 nitrogen and oxygen atoms in total. The molecule has 1 unspecified atom stereocenters. The molecule has 1 fully saturated rings. The molecule has 0 amide bonds. The van der Waals surface area contributed by atoms with E-state index in [0.717, 1.165) is 18.9 Å². The van der Waals surface area contributed by atoms with Gasteiger partial charge in [-0.1, -0.05) is 12.1 Å². The molecule has 3 rings (SSSR count). The van der Waals surface area contributed by atoms with E-state index in [9.17, 15) is 0 Å². The number of nitrogens with zero attached hydrogens (tertiary/aromatic N) is 1. The molecule has 1 aromatic heterocycles. The molecular formula is C14H18N2O. The van der Waals surface area contributed by atoms with E-state index >= 15 is 0 Å². The van der Waals surface area contributed by atoms with E-state index in [0.29, 0.717) is 6.04 Å². The molecule has 1 aliphatic heterocycles. The first-order valence-electron chi connectivity index (χ1n) is 6.25. The highest BCUT2D eigenvalue weighted by atomic mass is 16.5. The molecule has 0 bridgehead atoms. The number of benzene rings is 1. The van der Waals surface area contributed by atoms with Gasteiger partial charge in [0.2, 0.25) is 0 Å². The summed E-state index contributed by atoms with van der Waals surface area (Å²) in [6.07, 6.45) is 4.57. The maximum Gasteiger partial charge on any atom is 0.143 e. The summed E-state index contributed by atoms with van der Waals surface area (Å²) in [6, 6.07) is 8.87. The summed E-state index contributed by atoms with van der Waals surface area (Å²) >= 11 is 0. The van der Waals surface area contributed by atoms with Crippen molar-refractivity contribution in [3.8, 4) is 5.75 Å². The lowest BCUT2D eigenvalue weighted by atomic mass is 10.2. The zero-order chi connectivity index (χ0) is 11.7. The fraction of sp³-hybridized carbons (Fsp3) is 0.429. The van der Waals surface area contributed by atoms with Crippen molar-refractivity contribution in [2.24, 2.45) is 7.05 Å². The van der Waals surface area contributed by atoms with Crippen molar-refractivity contribution >= 4 is 10.9 Å². The molecule has 1 aliphatic rings. The molecular weight excluding hydrogens is 212 g/mol. The molecule has 0 spiro atoms. The molecule has 90 valence electrons. The van der Waals surface area contributed by atoms with Crippen molar-refractivity contribution in [1.29, 1.82) is 0 Å². The van der Waals surface area contributed by atoms with Gasteiger partial charge in [0, 0.05) is 24.7 Å². The average Bonchev–Trinajstić information content (AvgIpc) is 2.97. The molecule has 2 heterocycles. The number of nitrogens with one attached hydrogen (secondary N) is 1. The minimum absolute atomic E-state index is 0.519. The number of hydrogen-bond donors (Lipinski definition) is 1. The maximum atomic E-state index is 5.96. The summed E-state index contributed by atoms with van der Waals surface area (Å²) in [5.41, 5.74) is 1.19. The van der Waals surface area contributed by atoms with E-state index in [-0.39, 0.29) is 0 Å². The largest absolute Gasteiger partial charge is 0.490 e. The topological polar surface area (TPSA) is 26.2 Å². The lowest BCUT2D eigenvalue weighted by Crippen LogP contribution is -2.28. The van der Waals surface area contributed by atoms with E-state index < -0.39 is 0 Å². The van der Waals surface area contributed by atoms with Gasteiger partial charge in [-0.05, 0) is 31.5 Å². The molecule has 0 radical (unpaired) electrons. The van der Waals surface area contributed by atoms with Crippen LogP contribution in [0.15, 0.2) is 30.5 Å². The third kappa shape index (κ3) is 2.03. The Balaban J connectivity index is 1.81. The Labute approximate surface area is 101 Å². The fourth-order valence-corrected chi connectivity index (χ4v) is 2.52. The standard InChI is InChI=1S/C14H18N2O/c1-16-9-7-11-4-2-6-13(14(11)16)17-10-12-5-3-8-15-12/h2,4,6-7,9,12,15H,3,5,8,10H2,1H3. The van der Waals surface area contributed by atoms with Crippen LogP contribution in [0.3, 0.4) is 0 Å². The van der Waals surface area contributed by atoms with Gasteiger partial charge in [0.05, 0.1) is 5.52 Å². The van der Waals surface area contributed by atoms with Crippen molar-refractivity contribution in [3.05, 3.63) is 30.5 Å². The number of fused-ring (bicyclic) bond motifs is 1. The predicted octanol–water partition coefficient (Wildman–Crippen LogP) is 2.31. The Morgan fingerprint density at radius 3 is 3.18 bits per heavy atom. The van der Waals surface area contributed by atoms with Gasteiger partial charge in [-0.2, -0.15) is 0 Å². The summed E-state index contributed by atoms with van der Waals surface area (Å²) in [5, 5.41) is 4.69. The number of aromatic nitrogens is 1. The predicted molar refractivity (Wildman–Crippen MR) is 69.4 cm³/mol. The molecule has 3 heteroatoms. The van der Waals surface area contributed by atoms with Crippen LogP contribution >= 0.6 is 0 Å². The van der Waals surface area contributed by atoms with Crippen LogP contribution in [0.2, 0.25) is 0 Å².